The summed E-state index contributed by atoms with van der Waals surface area (Å²) in [5.74, 6) is -1.16. The number of nitrogens with zero attached hydrogens (tertiary/aromatic N) is 2. The first-order chi connectivity index (χ1) is 16.7. The standard InChI is InChI=1S/C25H20N2O7S/c1-11-5-8-16-14(9-11)20(29)18-19(13-6-7-15(28)17(10-13)32-3)27(23(30)21(18)34-16)25-26-12(2)22(35-25)24(31)33-4/h5-10,19,28H,1-4H3/t19-/m1/s1. The molecule has 0 saturated carbocycles. The fraction of sp³-hybridized carbons (Fsp3) is 0.200. The number of aromatic nitrogens is 1. The highest BCUT2D eigenvalue weighted by Crippen LogP contribution is 2.44. The van der Waals surface area contributed by atoms with Crippen LogP contribution in [0.5, 0.6) is 11.5 Å². The van der Waals surface area contributed by atoms with Crippen molar-refractivity contribution in [2.24, 2.45) is 0 Å². The number of benzene rings is 2. The monoisotopic (exact) mass is 492 g/mol. The second-order valence-corrected chi connectivity index (χ2v) is 9.06. The number of thiazole rings is 1. The van der Waals surface area contributed by atoms with Gasteiger partial charge in [-0.05, 0) is 43.7 Å². The molecule has 1 atom stereocenters. The SMILES string of the molecule is COC(=O)c1sc(N2C(=O)c3oc4ccc(C)cc4c(=O)c3[C@H]2c2ccc(O)c(OC)c2)nc1C. The Kier molecular flexibility index (Phi) is 5.32. The molecule has 10 heteroatoms. The van der Waals surface area contributed by atoms with Gasteiger partial charge in [0.25, 0.3) is 5.91 Å². The molecule has 0 spiro atoms. The van der Waals surface area contributed by atoms with E-state index >= 15 is 0 Å². The van der Waals surface area contributed by atoms with Crippen molar-refractivity contribution in [3.8, 4) is 11.5 Å². The number of aromatic hydroxyl groups is 1. The summed E-state index contributed by atoms with van der Waals surface area (Å²) in [7, 11) is 2.67. The quantitative estimate of drug-likeness (QED) is 0.423. The number of phenolic OH excluding ortho intramolecular Hbond substituents is 1. The number of fused-ring (bicyclic) bond motifs is 2. The summed E-state index contributed by atoms with van der Waals surface area (Å²) < 4.78 is 16.0. The molecule has 0 aliphatic carbocycles. The largest absolute Gasteiger partial charge is 0.504 e. The summed E-state index contributed by atoms with van der Waals surface area (Å²) in [4.78, 5) is 45.6. The summed E-state index contributed by atoms with van der Waals surface area (Å²) in [6.07, 6.45) is 0. The van der Waals surface area contributed by atoms with Gasteiger partial charge in [-0.25, -0.2) is 9.78 Å². The molecule has 1 aliphatic rings. The van der Waals surface area contributed by atoms with Gasteiger partial charge < -0.3 is 19.0 Å². The molecule has 4 aromatic rings. The number of rotatable bonds is 4. The van der Waals surface area contributed by atoms with Gasteiger partial charge in [-0.3, -0.25) is 14.5 Å². The highest BCUT2D eigenvalue weighted by Gasteiger charge is 2.45. The highest BCUT2D eigenvalue weighted by atomic mass is 32.1. The molecular formula is C25H20N2O7S. The van der Waals surface area contributed by atoms with Gasteiger partial charge in [0.15, 0.2) is 22.1 Å². The van der Waals surface area contributed by atoms with E-state index in [1.807, 2.05) is 6.92 Å². The molecule has 9 nitrogen and oxygen atoms in total. The summed E-state index contributed by atoms with van der Waals surface area (Å²) >= 11 is 0.983. The van der Waals surface area contributed by atoms with Crippen LogP contribution in [0.25, 0.3) is 11.0 Å². The Bertz CT molecular complexity index is 1590. The fourth-order valence-corrected chi connectivity index (χ4v) is 5.24. The number of esters is 1. The smallest absolute Gasteiger partial charge is 0.350 e. The van der Waals surface area contributed by atoms with Gasteiger partial charge in [0.05, 0.1) is 36.9 Å². The fourth-order valence-electron chi connectivity index (χ4n) is 4.23. The summed E-state index contributed by atoms with van der Waals surface area (Å²) in [6, 6.07) is 8.81. The molecule has 0 fully saturated rings. The number of amides is 1. The third kappa shape index (κ3) is 3.45. The minimum Gasteiger partial charge on any atom is -0.504 e. The van der Waals surface area contributed by atoms with Crippen molar-refractivity contribution in [3.63, 3.8) is 0 Å². The van der Waals surface area contributed by atoms with Gasteiger partial charge in [-0.2, -0.15) is 0 Å². The lowest BCUT2D eigenvalue weighted by Crippen LogP contribution is -2.29. The summed E-state index contributed by atoms with van der Waals surface area (Å²) in [5.41, 5.74) is 1.85. The predicted molar refractivity (Wildman–Crippen MR) is 129 cm³/mol. The van der Waals surface area contributed by atoms with Crippen molar-refractivity contribution in [3.05, 3.63) is 79.6 Å². The zero-order chi connectivity index (χ0) is 25.0. The van der Waals surface area contributed by atoms with Crippen LogP contribution in [0.15, 0.2) is 45.6 Å². The first-order valence-corrected chi connectivity index (χ1v) is 11.4. The molecule has 0 unspecified atom stereocenters. The molecule has 2 aromatic carbocycles. The number of aryl methyl sites for hydroxylation is 2. The summed E-state index contributed by atoms with van der Waals surface area (Å²) in [6.45, 7) is 3.50. The molecule has 3 heterocycles. The van der Waals surface area contributed by atoms with E-state index in [0.29, 0.717) is 22.2 Å². The highest BCUT2D eigenvalue weighted by molar-refractivity contribution is 7.17. The average Bonchev–Trinajstić information content (AvgIpc) is 3.37. The van der Waals surface area contributed by atoms with Crippen molar-refractivity contribution in [2.45, 2.75) is 19.9 Å². The van der Waals surface area contributed by atoms with Crippen LogP contribution in [0.3, 0.4) is 0 Å². The van der Waals surface area contributed by atoms with Crippen LogP contribution in [0, 0.1) is 13.8 Å². The van der Waals surface area contributed by atoms with Gasteiger partial charge in [0, 0.05) is 0 Å². The third-order valence-corrected chi connectivity index (χ3v) is 7.04. The second-order valence-electron chi connectivity index (χ2n) is 8.09. The van der Waals surface area contributed by atoms with Crippen LogP contribution in [-0.4, -0.2) is 36.2 Å². The maximum absolute atomic E-state index is 13.7. The van der Waals surface area contributed by atoms with Gasteiger partial charge in [-0.15, -0.1) is 0 Å². The molecule has 35 heavy (non-hydrogen) atoms. The predicted octanol–water partition coefficient (Wildman–Crippen LogP) is 4.12. The van der Waals surface area contributed by atoms with Crippen LogP contribution in [0.2, 0.25) is 0 Å². The van der Waals surface area contributed by atoms with Crippen LogP contribution in [-0.2, 0) is 4.74 Å². The molecule has 0 bridgehead atoms. The van der Waals surface area contributed by atoms with Gasteiger partial charge in [0.1, 0.15) is 10.5 Å². The van der Waals surface area contributed by atoms with E-state index in [2.05, 4.69) is 4.98 Å². The van der Waals surface area contributed by atoms with Crippen molar-refractivity contribution in [2.75, 3.05) is 19.1 Å². The lowest BCUT2D eigenvalue weighted by atomic mass is 9.98. The number of carbonyl (C=O) groups is 2. The zero-order valence-corrected chi connectivity index (χ0v) is 20.1. The number of ether oxygens (including phenoxy) is 2. The maximum atomic E-state index is 13.7. The number of anilines is 1. The van der Waals surface area contributed by atoms with E-state index in [0.717, 1.165) is 16.9 Å². The molecule has 178 valence electrons. The Morgan fingerprint density at radius 2 is 1.91 bits per heavy atom. The van der Waals surface area contributed by atoms with Crippen molar-refractivity contribution in [1.29, 1.82) is 0 Å². The molecule has 0 radical (unpaired) electrons. The van der Waals surface area contributed by atoms with Crippen molar-refractivity contribution < 1.29 is 28.6 Å². The van der Waals surface area contributed by atoms with Crippen molar-refractivity contribution in [1.82, 2.24) is 4.98 Å². The molecule has 2 aromatic heterocycles. The van der Waals surface area contributed by atoms with E-state index in [1.54, 1.807) is 37.3 Å². The minimum atomic E-state index is -0.927. The Labute approximate surface area is 203 Å². The summed E-state index contributed by atoms with van der Waals surface area (Å²) in [5, 5.41) is 10.7. The first kappa shape index (κ1) is 22.6. The minimum absolute atomic E-state index is 0.0911. The molecule has 1 N–H and O–H groups in total. The van der Waals surface area contributed by atoms with Crippen LogP contribution in [0.1, 0.15) is 48.7 Å². The number of phenols is 1. The molecule has 1 aliphatic heterocycles. The van der Waals surface area contributed by atoms with Gasteiger partial charge >= 0.3 is 5.97 Å². The first-order valence-electron chi connectivity index (χ1n) is 10.6. The van der Waals surface area contributed by atoms with E-state index in [4.69, 9.17) is 13.9 Å². The Morgan fingerprint density at radius 3 is 2.63 bits per heavy atom. The van der Waals surface area contributed by atoms with Crippen LogP contribution < -0.4 is 15.1 Å². The lowest BCUT2D eigenvalue weighted by molar-refractivity contribution is 0.0605. The van der Waals surface area contributed by atoms with E-state index in [9.17, 15) is 19.5 Å². The lowest BCUT2D eigenvalue weighted by Gasteiger charge is -2.23. The third-order valence-electron chi connectivity index (χ3n) is 5.91. The Hall–Kier alpha value is -4.18. The second kappa shape index (κ2) is 8.24. The number of hydrogen-bond donors (Lipinski definition) is 1. The molecular weight excluding hydrogens is 472 g/mol. The van der Waals surface area contributed by atoms with Gasteiger partial charge in [-0.1, -0.05) is 29.0 Å². The van der Waals surface area contributed by atoms with Crippen LogP contribution >= 0.6 is 11.3 Å². The molecule has 1 amide bonds. The Morgan fingerprint density at radius 1 is 1.14 bits per heavy atom. The van der Waals surface area contributed by atoms with Gasteiger partial charge in [0.2, 0.25) is 5.76 Å². The van der Waals surface area contributed by atoms with E-state index < -0.39 is 17.9 Å². The topological polar surface area (TPSA) is 119 Å². The normalized spacial score (nSPS) is 14.9. The van der Waals surface area contributed by atoms with Crippen LogP contribution in [0.4, 0.5) is 5.13 Å². The molecule has 0 saturated heterocycles. The zero-order valence-electron chi connectivity index (χ0n) is 19.2. The van der Waals surface area contributed by atoms with E-state index in [1.165, 1.54) is 25.2 Å². The number of methoxy groups -OCH3 is 2. The average molecular weight is 493 g/mol. The maximum Gasteiger partial charge on any atom is 0.350 e. The molecule has 5 rings (SSSR count). The van der Waals surface area contributed by atoms with Crippen molar-refractivity contribution >= 4 is 39.3 Å². The van der Waals surface area contributed by atoms with E-state index in [-0.39, 0.29) is 38.3 Å². The Balaban J connectivity index is 1.80. The number of hydrogen-bond acceptors (Lipinski definition) is 9. The number of carbonyl (C=O) groups excluding carboxylic acids is 2.